The van der Waals surface area contributed by atoms with Gasteiger partial charge in [0.15, 0.2) is 5.76 Å². The molecule has 9 nitrogen and oxygen atoms in total. The maximum Gasteiger partial charge on any atom is 0.251 e. The van der Waals surface area contributed by atoms with Crippen LogP contribution in [0.25, 0.3) is 11.6 Å². The van der Waals surface area contributed by atoms with Crippen molar-refractivity contribution in [1.82, 2.24) is 25.5 Å². The summed E-state index contributed by atoms with van der Waals surface area (Å²) in [4.78, 5) is 29.1. The van der Waals surface area contributed by atoms with Crippen LogP contribution in [0.5, 0.6) is 0 Å². The summed E-state index contributed by atoms with van der Waals surface area (Å²) in [6.45, 7) is 3.41. The van der Waals surface area contributed by atoms with Gasteiger partial charge in [0, 0.05) is 11.7 Å². The van der Waals surface area contributed by atoms with Gasteiger partial charge < -0.3 is 9.73 Å². The van der Waals surface area contributed by atoms with Crippen LogP contribution >= 0.6 is 0 Å². The van der Waals surface area contributed by atoms with Gasteiger partial charge in [0.05, 0.1) is 0 Å². The first-order valence-electron chi connectivity index (χ1n) is 11.2. The Morgan fingerprint density at radius 2 is 1.94 bits per heavy atom. The number of nitrogens with zero attached hydrogens (tertiary/aromatic N) is 5. The molecule has 1 fully saturated rings. The first-order chi connectivity index (χ1) is 15.9. The van der Waals surface area contributed by atoms with Gasteiger partial charge in [-0.15, -0.1) is 10.2 Å². The highest BCUT2D eigenvalue weighted by atomic mass is 19.1. The summed E-state index contributed by atoms with van der Waals surface area (Å²) in [6.07, 6.45) is 4.42. The van der Waals surface area contributed by atoms with Gasteiger partial charge in [-0.3, -0.25) is 14.5 Å². The highest BCUT2D eigenvalue weighted by Gasteiger charge is 2.32. The van der Waals surface area contributed by atoms with Crippen LogP contribution in [0.3, 0.4) is 0 Å². The van der Waals surface area contributed by atoms with Gasteiger partial charge >= 0.3 is 0 Å². The summed E-state index contributed by atoms with van der Waals surface area (Å²) >= 11 is 0. The van der Waals surface area contributed by atoms with Crippen molar-refractivity contribution in [2.75, 3.05) is 4.90 Å². The zero-order chi connectivity index (χ0) is 23.4. The number of nitrogens with one attached hydrogen (secondary N) is 1. The van der Waals surface area contributed by atoms with Crippen LogP contribution in [-0.4, -0.2) is 44.1 Å². The molecule has 2 amide bonds. The molecule has 1 aliphatic rings. The first kappa shape index (κ1) is 22.6. The summed E-state index contributed by atoms with van der Waals surface area (Å²) in [5.74, 6) is 0.360. The highest BCUT2D eigenvalue weighted by Crippen LogP contribution is 2.23. The smallest absolute Gasteiger partial charge is 0.251 e. The predicted octanol–water partition coefficient (Wildman–Crippen LogP) is 3.25. The summed E-state index contributed by atoms with van der Waals surface area (Å²) in [7, 11) is 0. The topological polar surface area (TPSA) is 106 Å². The molecule has 3 aromatic rings. The first-order valence-corrected chi connectivity index (χ1v) is 11.2. The Balaban J connectivity index is 1.57. The average Bonchev–Trinajstić information content (AvgIpc) is 3.55. The summed E-state index contributed by atoms with van der Waals surface area (Å²) < 4.78 is 19.1. The van der Waals surface area contributed by atoms with Crippen molar-refractivity contribution in [1.29, 1.82) is 0 Å². The van der Waals surface area contributed by atoms with E-state index in [4.69, 9.17) is 4.42 Å². The van der Waals surface area contributed by atoms with Crippen LogP contribution in [-0.2, 0) is 16.1 Å². The molecule has 0 unspecified atom stereocenters. The number of halogens is 1. The molecule has 0 radical (unpaired) electrons. The number of carbonyl (C=O) groups is 2. The number of tetrazole rings is 1. The maximum absolute atomic E-state index is 13.6. The number of carbonyl (C=O) groups excluding carboxylic acids is 2. The number of rotatable bonds is 8. The number of anilines is 1. The molecule has 1 atom stereocenters. The minimum Gasteiger partial charge on any atom is -0.458 e. The summed E-state index contributed by atoms with van der Waals surface area (Å²) in [5, 5.41) is 15.2. The molecule has 0 bridgehead atoms. The van der Waals surface area contributed by atoms with E-state index >= 15 is 0 Å². The molecule has 1 aliphatic carbocycles. The third-order valence-electron chi connectivity index (χ3n) is 5.77. The second-order valence-corrected chi connectivity index (χ2v) is 8.21. The molecular formula is C23H27FN6O3. The van der Waals surface area contributed by atoms with Gasteiger partial charge in [-0.25, -0.2) is 4.39 Å². The number of furan rings is 1. The second kappa shape index (κ2) is 9.93. The monoisotopic (exact) mass is 454 g/mol. The van der Waals surface area contributed by atoms with Gasteiger partial charge in [-0.2, -0.15) is 4.80 Å². The minimum atomic E-state index is -0.751. The van der Waals surface area contributed by atoms with Gasteiger partial charge in [-0.1, -0.05) is 19.8 Å². The number of benzene rings is 1. The molecular weight excluding hydrogens is 427 g/mol. The molecule has 4 rings (SSSR count). The molecule has 0 aliphatic heterocycles. The fourth-order valence-corrected chi connectivity index (χ4v) is 4.11. The molecule has 0 spiro atoms. The molecule has 10 heteroatoms. The van der Waals surface area contributed by atoms with E-state index in [1.807, 2.05) is 6.92 Å². The Labute approximate surface area is 190 Å². The number of aryl methyl sites for hydroxylation is 1. The van der Waals surface area contributed by atoms with Crippen molar-refractivity contribution >= 4 is 17.5 Å². The van der Waals surface area contributed by atoms with E-state index in [9.17, 15) is 14.0 Å². The number of hydrogen-bond donors (Lipinski definition) is 1. The Morgan fingerprint density at radius 3 is 2.58 bits per heavy atom. The van der Waals surface area contributed by atoms with Crippen LogP contribution in [0, 0.1) is 12.7 Å². The zero-order valence-corrected chi connectivity index (χ0v) is 18.7. The highest BCUT2D eigenvalue weighted by molar-refractivity contribution is 6.00. The lowest BCUT2D eigenvalue weighted by Crippen LogP contribution is -2.52. The van der Waals surface area contributed by atoms with E-state index in [1.165, 1.54) is 29.2 Å². The van der Waals surface area contributed by atoms with Crippen LogP contribution < -0.4 is 10.2 Å². The zero-order valence-electron chi connectivity index (χ0n) is 18.7. The lowest BCUT2D eigenvalue weighted by molar-refractivity contribution is -0.127. The van der Waals surface area contributed by atoms with E-state index in [2.05, 4.69) is 20.7 Å². The van der Waals surface area contributed by atoms with E-state index in [-0.39, 0.29) is 24.3 Å². The molecule has 1 aromatic carbocycles. The number of amides is 2. The fourth-order valence-electron chi connectivity index (χ4n) is 4.11. The summed E-state index contributed by atoms with van der Waals surface area (Å²) in [5.41, 5.74) is 0.428. The van der Waals surface area contributed by atoms with E-state index in [0.29, 0.717) is 23.6 Å². The SMILES string of the molecule is CC[C@H](C(=O)NC1CCCC1)N(C(=O)Cn1nnc(-c2ccc(C)o2)n1)c1ccc(F)cc1. The molecule has 0 saturated heterocycles. The van der Waals surface area contributed by atoms with Crippen molar-refractivity contribution in [3.63, 3.8) is 0 Å². The van der Waals surface area contributed by atoms with Crippen molar-refractivity contribution in [3.05, 3.63) is 48.0 Å². The number of hydrogen-bond acceptors (Lipinski definition) is 6. The normalized spacial score (nSPS) is 14.9. The van der Waals surface area contributed by atoms with Crippen molar-refractivity contribution in [3.8, 4) is 11.6 Å². The molecule has 2 aromatic heterocycles. The van der Waals surface area contributed by atoms with Gasteiger partial charge in [-0.05, 0) is 67.8 Å². The van der Waals surface area contributed by atoms with Gasteiger partial charge in [0.2, 0.25) is 11.7 Å². The van der Waals surface area contributed by atoms with Gasteiger partial charge in [0.25, 0.3) is 5.91 Å². The number of aromatic nitrogens is 4. The summed E-state index contributed by atoms with van der Waals surface area (Å²) in [6, 6.07) is 8.39. The lowest BCUT2D eigenvalue weighted by Gasteiger charge is -2.31. The Hall–Kier alpha value is -3.56. The van der Waals surface area contributed by atoms with Crippen LogP contribution in [0.15, 0.2) is 40.8 Å². The van der Waals surface area contributed by atoms with Gasteiger partial charge in [0.1, 0.15) is 24.2 Å². The van der Waals surface area contributed by atoms with Crippen LogP contribution in [0.2, 0.25) is 0 Å². The quantitative estimate of drug-likeness (QED) is 0.560. The van der Waals surface area contributed by atoms with Crippen LogP contribution in [0.4, 0.5) is 10.1 Å². The Bertz CT molecular complexity index is 1100. The molecule has 1 N–H and O–H groups in total. The molecule has 1 saturated carbocycles. The third-order valence-corrected chi connectivity index (χ3v) is 5.77. The third kappa shape index (κ3) is 5.27. The molecule has 174 valence electrons. The molecule has 33 heavy (non-hydrogen) atoms. The van der Waals surface area contributed by atoms with Crippen molar-refractivity contribution < 1.29 is 18.4 Å². The van der Waals surface area contributed by atoms with E-state index in [0.717, 1.165) is 30.5 Å². The van der Waals surface area contributed by atoms with Crippen molar-refractivity contribution in [2.24, 2.45) is 0 Å². The van der Waals surface area contributed by atoms with Crippen molar-refractivity contribution in [2.45, 2.75) is 64.6 Å². The fraction of sp³-hybridized carbons (Fsp3) is 0.435. The van der Waals surface area contributed by atoms with E-state index < -0.39 is 17.8 Å². The van der Waals surface area contributed by atoms with E-state index in [1.54, 1.807) is 19.1 Å². The standard InChI is InChI=1S/C23H27FN6O3/c1-3-19(23(32)25-17-6-4-5-7-17)30(18-11-9-16(24)10-12-18)21(31)14-29-27-22(26-28-29)20-13-8-15(2)33-20/h8-13,17,19H,3-7,14H2,1-2H3,(H,25,32)/t19-/m1/s1. The maximum atomic E-state index is 13.6. The molecule has 2 heterocycles. The Morgan fingerprint density at radius 1 is 1.21 bits per heavy atom. The average molecular weight is 455 g/mol. The largest absolute Gasteiger partial charge is 0.458 e. The predicted molar refractivity (Wildman–Crippen MR) is 119 cm³/mol. The second-order valence-electron chi connectivity index (χ2n) is 8.21. The lowest BCUT2D eigenvalue weighted by atomic mass is 10.1. The Kier molecular flexibility index (Phi) is 6.81. The minimum absolute atomic E-state index is 0.119. The van der Waals surface area contributed by atoms with Crippen LogP contribution in [0.1, 0.15) is 44.8 Å².